The van der Waals surface area contributed by atoms with Crippen molar-refractivity contribution in [2.45, 2.75) is 26.7 Å². The SMILES string of the molecule is COC(=O)C1=C(C2CCN(P)CC2)C=CC(C)(C)C=C1. The summed E-state index contributed by atoms with van der Waals surface area (Å²) >= 11 is 0. The topological polar surface area (TPSA) is 29.5 Å². The van der Waals surface area contributed by atoms with Crippen LogP contribution >= 0.6 is 9.39 Å². The summed E-state index contributed by atoms with van der Waals surface area (Å²) in [5, 5.41) is 0. The fourth-order valence-corrected chi connectivity index (χ4v) is 3.00. The van der Waals surface area contributed by atoms with Gasteiger partial charge < -0.3 is 4.74 Å². The Morgan fingerprint density at radius 3 is 2.50 bits per heavy atom. The van der Waals surface area contributed by atoms with E-state index >= 15 is 0 Å². The maximum Gasteiger partial charge on any atom is 0.338 e. The summed E-state index contributed by atoms with van der Waals surface area (Å²) in [5.74, 6) is 0.211. The van der Waals surface area contributed by atoms with Crippen molar-refractivity contribution in [2.75, 3.05) is 20.2 Å². The van der Waals surface area contributed by atoms with E-state index in [2.05, 4.69) is 46.1 Å². The van der Waals surface area contributed by atoms with Gasteiger partial charge in [0.1, 0.15) is 0 Å². The molecule has 3 nitrogen and oxygen atoms in total. The molecule has 1 fully saturated rings. The third-order valence-corrected chi connectivity index (χ3v) is 4.57. The van der Waals surface area contributed by atoms with Gasteiger partial charge in [0.05, 0.1) is 12.7 Å². The summed E-state index contributed by atoms with van der Waals surface area (Å²) in [6.07, 6.45) is 10.5. The molecule has 0 saturated carbocycles. The zero-order valence-electron chi connectivity index (χ0n) is 12.6. The van der Waals surface area contributed by atoms with Crippen LogP contribution in [0.1, 0.15) is 26.7 Å². The van der Waals surface area contributed by atoms with Crippen LogP contribution in [0.3, 0.4) is 0 Å². The van der Waals surface area contributed by atoms with Crippen molar-refractivity contribution in [1.82, 2.24) is 4.67 Å². The number of carbonyl (C=O) groups excluding carboxylic acids is 1. The summed E-state index contributed by atoms with van der Waals surface area (Å²) in [5.41, 5.74) is 1.83. The van der Waals surface area contributed by atoms with Crippen LogP contribution in [0.2, 0.25) is 0 Å². The van der Waals surface area contributed by atoms with Crippen molar-refractivity contribution >= 4 is 15.4 Å². The van der Waals surface area contributed by atoms with Gasteiger partial charge in [0.15, 0.2) is 0 Å². The maximum atomic E-state index is 12.1. The van der Waals surface area contributed by atoms with E-state index in [1.54, 1.807) is 0 Å². The minimum Gasteiger partial charge on any atom is -0.465 e. The molecule has 1 heterocycles. The highest BCUT2D eigenvalue weighted by molar-refractivity contribution is 7.13. The molecular weight excluding hydrogens is 269 g/mol. The second-order valence-electron chi connectivity index (χ2n) is 6.16. The first-order valence-corrected chi connectivity index (χ1v) is 7.65. The molecule has 0 spiro atoms. The van der Waals surface area contributed by atoms with E-state index in [1.165, 1.54) is 7.11 Å². The van der Waals surface area contributed by atoms with Gasteiger partial charge in [0.25, 0.3) is 0 Å². The van der Waals surface area contributed by atoms with Crippen LogP contribution in [0, 0.1) is 11.3 Å². The second-order valence-corrected chi connectivity index (χ2v) is 6.89. The van der Waals surface area contributed by atoms with Crippen LogP contribution in [-0.2, 0) is 9.53 Å². The van der Waals surface area contributed by atoms with Gasteiger partial charge in [-0.1, -0.05) is 47.5 Å². The molecule has 20 heavy (non-hydrogen) atoms. The molecule has 0 aromatic rings. The molecule has 0 amide bonds. The quantitative estimate of drug-likeness (QED) is 0.579. The second kappa shape index (κ2) is 6.24. The summed E-state index contributed by atoms with van der Waals surface area (Å²) in [4.78, 5) is 12.1. The van der Waals surface area contributed by atoms with Gasteiger partial charge in [-0.2, -0.15) is 0 Å². The first kappa shape index (κ1) is 15.5. The van der Waals surface area contributed by atoms with Gasteiger partial charge >= 0.3 is 5.97 Å². The van der Waals surface area contributed by atoms with E-state index in [1.807, 2.05) is 6.08 Å². The van der Waals surface area contributed by atoms with E-state index in [-0.39, 0.29) is 11.4 Å². The minimum absolute atomic E-state index is 0.0255. The first-order valence-electron chi connectivity index (χ1n) is 7.13. The Morgan fingerprint density at radius 2 is 1.90 bits per heavy atom. The molecule has 4 heteroatoms. The average molecular weight is 293 g/mol. The number of rotatable bonds is 2. The van der Waals surface area contributed by atoms with Gasteiger partial charge in [-0.3, -0.25) is 4.67 Å². The fraction of sp³-hybridized carbons (Fsp3) is 0.562. The molecule has 1 aliphatic carbocycles. The van der Waals surface area contributed by atoms with E-state index in [0.29, 0.717) is 5.92 Å². The number of piperidine rings is 1. The van der Waals surface area contributed by atoms with Crippen LogP contribution in [0.15, 0.2) is 35.5 Å². The Kier molecular flexibility index (Phi) is 4.82. The number of allylic oxidation sites excluding steroid dienone is 4. The van der Waals surface area contributed by atoms with Crippen LogP contribution in [0.25, 0.3) is 0 Å². The van der Waals surface area contributed by atoms with Crippen LogP contribution < -0.4 is 0 Å². The number of methoxy groups -OCH3 is 1. The maximum absolute atomic E-state index is 12.1. The molecule has 1 atom stereocenters. The Labute approximate surface area is 124 Å². The molecule has 0 aromatic carbocycles. The molecule has 2 rings (SSSR count). The lowest BCUT2D eigenvalue weighted by molar-refractivity contribution is -0.135. The van der Waals surface area contributed by atoms with Crippen molar-refractivity contribution < 1.29 is 9.53 Å². The standard InChI is InChI=1S/C16H24NO2P/c1-16(2)8-4-13(12-6-10-17(20)11-7-12)14(5-9-16)15(18)19-3/h4-5,8-9,12H,6-7,10-11,20H2,1-3H3. The monoisotopic (exact) mass is 293 g/mol. The lowest BCUT2D eigenvalue weighted by Gasteiger charge is -2.30. The molecule has 0 bridgehead atoms. The number of nitrogens with zero attached hydrogens (tertiary/aromatic N) is 1. The van der Waals surface area contributed by atoms with E-state index in [4.69, 9.17) is 4.74 Å². The van der Waals surface area contributed by atoms with Crippen molar-refractivity contribution in [2.24, 2.45) is 11.3 Å². The molecule has 1 saturated heterocycles. The largest absolute Gasteiger partial charge is 0.465 e. The van der Waals surface area contributed by atoms with Crippen molar-refractivity contribution in [3.8, 4) is 0 Å². The summed E-state index contributed by atoms with van der Waals surface area (Å²) in [6, 6.07) is 0. The van der Waals surface area contributed by atoms with Crippen LogP contribution in [0.5, 0.6) is 0 Å². The highest BCUT2D eigenvalue weighted by Gasteiger charge is 2.26. The molecule has 2 aliphatic rings. The van der Waals surface area contributed by atoms with Gasteiger partial charge in [0.2, 0.25) is 0 Å². The summed E-state index contributed by atoms with van der Waals surface area (Å²) < 4.78 is 7.22. The smallest absolute Gasteiger partial charge is 0.338 e. The Morgan fingerprint density at radius 1 is 1.30 bits per heavy atom. The molecule has 1 aliphatic heterocycles. The van der Waals surface area contributed by atoms with Gasteiger partial charge in [0, 0.05) is 18.5 Å². The predicted molar refractivity (Wildman–Crippen MR) is 85.1 cm³/mol. The van der Waals surface area contributed by atoms with Gasteiger partial charge in [-0.05, 0) is 24.3 Å². The van der Waals surface area contributed by atoms with Gasteiger partial charge in [-0.15, -0.1) is 0 Å². The predicted octanol–water partition coefficient (Wildman–Crippen LogP) is 3.11. The number of carbonyl (C=O) groups is 1. The van der Waals surface area contributed by atoms with Crippen LogP contribution in [-0.4, -0.2) is 30.8 Å². The zero-order valence-corrected chi connectivity index (χ0v) is 13.7. The van der Waals surface area contributed by atoms with E-state index in [9.17, 15) is 4.79 Å². The minimum atomic E-state index is -0.230. The number of hydrogen-bond donors (Lipinski definition) is 0. The van der Waals surface area contributed by atoms with E-state index < -0.39 is 0 Å². The van der Waals surface area contributed by atoms with Crippen LogP contribution in [0.4, 0.5) is 0 Å². The normalized spacial score (nSPS) is 23.8. The highest BCUT2D eigenvalue weighted by atomic mass is 31.0. The van der Waals surface area contributed by atoms with Crippen molar-refractivity contribution in [1.29, 1.82) is 0 Å². The molecular formula is C16H24NO2P. The molecule has 0 radical (unpaired) electrons. The van der Waals surface area contributed by atoms with Crippen molar-refractivity contribution in [3.05, 3.63) is 35.5 Å². The summed E-state index contributed by atoms with van der Waals surface area (Å²) in [6.45, 7) is 6.38. The molecule has 0 aromatic heterocycles. The molecule has 110 valence electrons. The fourth-order valence-electron chi connectivity index (χ4n) is 2.71. The number of ether oxygens (including phenoxy) is 1. The number of hydrogen-bond acceptors (Lipinski definition) is 3. The highest BCUT2D eigenvalue weighted by Crippen LogP contribution is 2.34. The van der Waals surface area contributed by atoms with Crippen molar-refractivity contribution in [3.63, 3.8) is 0 Å². The lowest BCUT2D eigenvalue weighted by Crippen LogP contribution is -2.27. The first-order chi connectivity index (χ1) is 9.43. The lowest BCUT2D eigenvalue weighted by atomic mass is 9.86. The Balaban J connectivity index is 2.34. The zero-order chi connectivity index (χ0) is 14.8. The van der Waals surface area contributed by atoms with E-state index in [0.717, 1.165) is 37.1 Å². The Hall–Kier alpha value is -0.920. The number of esters is 1. The summed E-state index contributed by atoms with van der Waals surface area (Å²) in [7, 11) is 4.21. The van der Waals surface area contributed by atoms with Gasteiger partial charge in [-0.25, -0.2) is 4.79 Å². The molecule has 0 N–H and O–H groups in total. The third-order valence-electron chi connectivity index (χ3n) is 4.06. The Bertz CT molecular complexity index is 469. The molecule has 1 unspecified atom stereocenters. The average Bonchev–Trinajstić information content (AvgIpc) is 2.58. The third kappa shape index (κ3) is 3.59.